The summed E-state index contributed by atoms with van der Waals surface area (Å²) in [7, 11) is 2.06. The summed E-state index contributed by atoms with van der Waals surface area (Å²) in [5.41, 5.74) is 0.271. The maximum absolute atomic E-state index is 4.52. The fraction of sp³-hybridized carbons (Fsp3) is 0.571. The molecule has 2 aromatic rings. The first-order valence-corrected chi connectivity index (χ1v) is 7.58. The standard InChI is InChI=1S/C14H20N4S/c1-10-8-11-12(16-9-17-13(11)19-10)18-6-4-14(2,15-3)5-7-18/h8-9,15H,4-7H2,1-3H3. The van der Waals surface area contributed by atoms with Crippen LogP contribution in [-0.4, -0.2) is 35.6 Å². The van der Waals surface area contributed by atoms with Gasteiger partial charge >= 0.3 is 0 Å². The highest BCUT2D eigenvalue weighted by Crippen LogP contribution is 2.32. The maximum Gasteiger partial charge on any atom is 0.140 e. The van der Waals surface area contributed by atoms with E-state index in [4.69, 9.17) is 0 Å². The molecule has 0 aromatic carbocycles. The third kappa shape index (κ3) is 2.32. The van der Waals surface area contributed by atoms with Crippen molar-refractivity contribution in [3.8, 4) is 0 Å². The van der Waals surface area contributed by atoms with Crippen molar-refractivity contribution in [3.63, 3.8) is 0 Å². The third-order valence-corrected chi connectivity index (χ3v) is 5.16. The Bertz CT molecular complexity index is 584. The van der Waals surface area contributed by atoms with Crippen LogP contribution in [0.2, 0.25) is 0 Å². The highest BCUT2D eigenvalue weighted by Gasteiger charge is 2.29. The molecule has 0 unspecified atom stereocenters. The summed E-state index contributed by atoms with van der Waals surface area (Å²) >= 11 is 1.74. The van der Waals surface area contributed by atoms with Crippen LogP contribution in [0.1, 0.15) is 24.6 Å². The van der Waals surface area contributed by atoms with E-state index >= 15 is 0 Å². The van der Waals surface area contributed by atoms with Gasteiger partial charge in [0.05, 0.1) is 5.39 Å². The Morgan fingerprint density at radius 3 is 2.74 bits per heavy atom. The molecular weight excluding hydrogens is 256 g/mol. The maximum atomic E-state index is 4.52. The lowest BCUT2D eigenvalue weighted by atomic mass is 9.90. The quantitative estimate of drug-likeness (QED) is 0.915. The molecule has 2 aromatic heterocycles. The highest BCUT2D eigenvalue weighted by molar-refractivity contribution is 7.18. The van der Waals surface area contributed by atoms with Crippen LogP contribution >= 0.6 is 11.3 Å². The number of nitrogens with zero attached hydrogens (tertiary/aromatic N) is 3. The largest absolute Gasteiger partial charge is 0.356 e. The van der Waals surface area contributed by atoms with E-state index in [1.165, 1.54) is 10.3 Å². The molecule has 19 heavy (non-hydrogen) atoms. The van der Waals surface area contributed by atoms with Crippen molar-refractivity contribution in [2.45, 2.75) is 32.2 Å². The van der Waals surface area contributed by atoms with Crippen LogP contribution < -0.4 is 10.2 Å². The van der Waals surface area contributed by atoms with E-state index in [-0.39, 0.29) is 5.54 Å². The number of hydrogen-bond donors (Lipinski definition) is 1. The van der Waals surface area contributed by atoms with Gasteiger partial charge in [0.1, 0.15) is 17.0 Å². The molecular formula is C14H20N4S. The zero-order chi connectivity index (χ0) is 13.5. The van der Waals surface area contributed by atoms with Crippen LogP contribution in [0.15, 0.2) is 12.4 Å². The minimum absolute atomic E-state index is 0.271. The molecule has 0 radical (unpaired) electrons. The molecule has 1 fully saturated rings. The molecule has 0 spiro atoms. The molecule has 102 valence electrons. The average Bonchev–Trinajstić information content (AvgIpc) is 2.80. The number of fused-ring (bicyclic) bond motifs is 1. The summed E-state index contributed by atoms with van der Waals surface area (Å²) < 4.78 is 0. The van der Waals surface area contributed by atoms with Gasteiger partial charge in [0.25, 0.3) is 0 Å². The van der Waals surface area contributed by atoms with Crippen molar-refractivity contribution in [2.75, 3.05) is 25.0 Å². The smallest absolute Gasteiger partial charge is 0.140 e. The Morgan fingerprint density at radius 2 is 2.05 bits per heavy atom. The van der Waals surface area contributed by atoms with Gasteiger partial charge < -0.3 is 10.2 Å². The first-order chi connectivity index (χ1) is 9.11. The molecule has 4 nitrogen and oxygen atoms in total. The van der Waals surface area contributed by atoms with E-state index in [0.29, 0.717) is 0 Å². The van der Waals surface area contributed by atoms with E-state index in [1.54, 1.807) is 17.7 Å². The summed E-state index contributed by atoms with van der Waals surface area (Å²) in [6.45, 7) is 6.54. The van der Waals surface area contributed by atoms with E-state index in [0.717, 1.165) is 36.6 Å². The number of piperidine rings is 1. The predicted octanol–water partition coefficient (Wildman–Crippen LogP) is 2.58. The molecule has 1 saturated heterocycles. The summed E-state index contributed by atoms with van der Waals surface area (Å²) in [6.07, 6.45) is 4.00. The van der Waals surface area contributed by atoms with Crippen molar-refractivity contribution in [3.05, 3.63) is 17.3 Å². The van der Waals surface area contributed by atoms with Crippen molar-refractivity contribution in [1.29, 1.82) is 0 Å². The molecule has 0 aliphatic carbocycles. The van der Waals surface area contributed by atoms with Crippen molar-refractivity contribution in [2.24, 2.45) is 0 Å². The molecule has 0 atom stereocenters. The van der Waals surface area contributed by atoms with Crippen molar-refractivity contribution in [1.82, 2.24) is 15.3 Å². The van der Waals surface area contributed by atoms with E-state index < -0.39 is 0 Å². The summed E-state index contributed by atoms with van der Waals surface area (Å²) in [4.78, 5) is 13.7. The number of nitrogens with one attached hydrogen (secondary N) is 1. The van der Waals surface area contributed by atoms with Gasteiger partial charge in [0.15, 0.2) is 0 Å². The second-order valence-electron chi connectivity index (χ2n) is 5.57. The van der Waals surface area contributed by atoms with Crippen LogP contribution in [0.3, 0.4) is 0 Å². The molecule has 1 N–H and O–H groups in total. The van der Waals surface area contributed by atoms with Gasteiger partial charge in [-0.05, 0) is 39.8 Å². The minimum atomic E-state index is 0.271. The average molecular weight is 276 g/mol. The van der Waals surface area contributed by atoms with Crippen molar-refractivity contribution < 1.29 is 0 Å². The van der Waals surface area contributed by atoms with Crippen LogP contribution in [-0.2, 0) is 0 Å². The van der Waals surface area contributed by atoms with Crippen LogP contribution in [0, 0.1) is 6.92 Å². The second kappa shape index (κ2) is 4.72. The Labute approximate surface area is 117 Å². The minimum Gasteiger partial charge on any atom is -0.356 e. The first kappa shape index (κ1) is 12.8. The SMILES string of the molecule is CNC1(C)CCN(c2ncnc3sc(C)cc23)CC1. The van der Waals surface area contributed by atoms with Gasteiger partial charge in [-0.1, -0.05) is 0 Å². The third-order valence-electron chi connectivity index (χ3n) is 4.20. The first-order valence-electron chi connectivity index (χ1n) is 6.76. The van der Waals surface area contributed by atoms with E-state index in [9.17, 15) is 0 Å². The number of hydrogen-bond acceptors (Lipinski definition) is 5. The van der Waals surface area contributed by atoms with E-state index in [2.05, 4.69) is 47.1 Å². The van der Waals surface area contributed by atoms with Gasteiger partial charge in [-0.3, -0.25) is 0 Å². The lowest BCUT2D eigenvalue weighted by Crippen LogP contribution is -2.50. The summed E-state index contributed by atoms with van der Waals surface area (Å²) in [6, 6.07) is 2.21. The number of anilines is 1. The molecule has 3 rings (SSSR count). The lowest BCUT2D eigenvalue weighted by molar-refractivity contribution is 0.304. The summed E-state index contributed by atoms with van der Waals surface area (Å²) in [5, 5.41) is 4.64. The summed E-state index contributed by atoms with van der Waals surface area (Å²) in [5.74, 6) is 1.10. The predicted molar refractivity (Wildman–Crippen MR) is 81.1 cm³/mol. The molecule has 3 heterocycles. The lowest BCUT2D eigenvalue weighted by Gasteiger charge is -2.39. The van der Waals surface area contributed by atoms with Gasteiger partial charge in [-0.2, -0.15) is 0 Å². The highest BCUT2D eigenvalue weighted by atomic mass is 32.1. The Balaban J connectivity index is 1.89. The molecule has 5 heteroatoms. The number of aryl methyl sites for hydroxylation is 1. The molecule has 0 bridgehead atoms. The topological polar surface area (TPSA) is 41.0 Å². The Kier molecular flexibility index (Phi) is 3.19. The van der Waals surface area contributed by atoms with Gasteiger partial charge in [-0.15, -0.1) is 11.3 Å². The molecule has 0 amide bonds. The van der Waals surface area contributed by atoms with Gasteiger partial charge in [0.2, 0.25) is 0 Å². The fourth-order valence-corrected chi connectivity index (χ4v) is 3.52. The number of aromatic nitrogens is 2. The number of thiophene rings is 1. The Morgan fingerprint density at radius 1 is 1.32 bits per heavy atom. The second-order valence-corrected chi connectivity index (χ2v) is 6.81. The Hall–Kier alpha value is -1.20. The molecule has 1 aliphatic rings. The monoisotopic (exact) mass is 276 g/mol. The zero-order valence-corrected chi connectivity index (χ0v) is 12.5. The molecule has 0 saturated carbocycles. The van der Waals surface area contributed by atoms with Gasteiger partial charge in [0, 0.05) is 23.5 Å². The fourth-order valence-electron chi connectivity index (χ4n) is 2.68. The van der Waals surface area contributed by atoms with Crippen LogP contribution in [0.5, 0.6) is 0 Å². The van der Waals surface area contributed by atoms with Gasteiger partial charge in [-0.25, -0.2) is 9.97 Å². The van der Waals surface area contributed by atoms with Crippen LogP contribution in [0.4, 0.5) is 5.82 Å². The number of rotatable bonds is 2. The zero-order valence-electron chi connectivity index (χ0n) is 11.7. The molecule has 1 aliphatic heterocycles. The van der Waals surface area contributed by atoms with Crippen LogP contribution in [0.25, 0.3) is 10.2 Å². The van der Waals surface area contributed by atoms with E-state index in [1.807, 2.05) is 0 Å². The normalized spacial score (nSPS) is 19.0. The van der Waals surface area contributed by atoms with Crippen molar-refractivity contribution >= 4 is 27.4 Å².